The smallest absolute Gasteiger partial charge is 0.0771 e. The molecule has 1 fully saturated rings. The molecule has 94 valence electrons. The van der Waals surface area contributed by atoms with Crippen LogP contribution in [0.2, 0.25) is 0 Å². The van der Waals surface area contributed by atoms with Crippen LogP contribution in [0.5, 0.6) is 0 Å². The molecule has 2 N–H and O–H groups in total. The fraction of sp³-hybridized carbons (Fsp3) is 0.571. The molecule has 17 heavy (non-hydrogen) atoms. The van der Waals surface area contributed by atoms with Gasteiger partial charge < -0.3 is 10.4 Å². The quantitative estimate of drug-likeness (QED) is 0.602. The van der Waals surface area contributed by atoms with E-state index < -0.39 is 5.60 Å². The first-order chi connectivity index (χ1) is 8.29. The maximum absolute atomic E-state index is 10.1. The highest BCUT2D eigenvalue weighted by atomic mass is 32.2. The minimum Gasteiger partial charge on any atom is -0.389 e. The fourth-order valence-corrected chi connectivity index (χ4v) is 3.12. The highest BCUT2D eigenvalue weighted by Crippen LogP contribution is 2.28. The molecule has 3 heteroatoms. The van der Waals surface area contributed by atoms with Crippen LogP contribution in [0.3, 0.4) is 0 Å². The van der Waals surface area contributed by atoms with E-state index in [0.29, 0.717) is 0 Å². The van der Waals surface area contributed by atoms with Crippen molar-refractivity contribution in [3.8, 4) is 0 Å². The molecule has 1 saturated carbocycles. The van der Waals surface area contributed by atoms with Crippen LogP contribution in [0.1, 0.15) is 25.7 Å². The Balaban J connectivity index is 1.58. The van der Waals surface area contributed by atoms with Gasteiger partial charge in [0.05, 0.1) is 5.60 Å². The van der Waals surface area contributed by atoms with Crippen LogP contribution in [-0.4, -0.2) is 29.5 Å². The monoisotopic (exact) mass is 251 g/mol. The van der Waals surface area contributed by atoms with Gasteiger partial charge in [-0.3, -0.25) is 0 Å². The summed E-state index contributed by atoms with van der Waals surface area (Å²) < 4.78 is 0. The maximum atomic E-state index is 10.1. The third-order valence-corrected chi connectivity index (χ3v) is 4.29. The second kappa shape index (κ2) is 6.43. The second-order valence-corrected chi connectivity index (χ2v) is 5.94. The molecule has 1 aliphatic rings. The standard InChI is InChI=1S/C14H21NOS/c16-14(8-4-5-9-14)12-15-10-11-17-13-6-2-1-3-7-13/h1-3,6-7,15-16H,4-5,8-12H2. The van der Waals surface area contributed by atoms with Gasteiger partial charge in [0, 0.05) is 23.7 Å². The molecule has 0 atom stereocenters. The van der Waals surface area contributed by atoms with E-state index in [2.05, 4.69) is 29.6 Å². The lowest BCUT2D eigenvalue weighted by Gasteiger charge is -2.22. The van der Waals surface area contributed by atoms with E-state index in [9.17, 15) is 5.11 Å². The topological polar surface area (TPSA) is 32.3 Å². The minimum atomic E-state index is -0.419. The first-order valence-electron chi connectivity index (χ1n) is 6.39. The van der Waals surface area contributed by atoms with Crippen LogP contribution >= 0.6 is 11.8 Å². The van der Waals surface area contributed by atoms with Crippen molar-refractivity contribution in [3.63, 3.8) is 0 Å². The molecule has 1 aliphatic carbocycles. The summed E-state index contributed by atoms with van der Waals surface area (Å²) in [5.41, 5.74) is -0.419. The normalized spacial score (nSPS) is 18.4. The Kier molecular flexibility index (Phi) is 4.89. The van der Waals surface area contributed by atoms with E-state index in [0.717, 1.165) is 31.7 Å². The summed E-state index contributed by atoms with van der Waals surface area (Å²) >= 11 is 1.86. The van der Waals surface area contributed by atoms with Crippen LogP contribution < -0.4 is 5.32 Å². The lowest BCUT2D eigenvalue weighted by molar-refractivity contribution is 0.0484. The molecule has 2 nitrogen and oxygen atoms in total. The highest BCUT2D eigenvalue weighted by molar-refractivity contribution is 7.99. The Morgan fingerprint density at radius 3 is 2.59 bits per heavy atom. The number of benzene rings is 1. The van der Waals surface area contributed by atoms with E-state index in [1.54, 1.807) is 0 Å². The van der Waals surface area contributed by atoms with Crippen LogP contribution in [0, 0.1) is 0 Å². The first-order valence-corrected chi connectivity index (χ1v) is 7.38. The van der Waals surface area contributed by atoms with Gasteiger partial charge in [-0.2, -0.15) is 0 Å². The number of hydrogen-bond donors (Lipinski definition) is 2. The van der Waals surface area contributed by atoms with E-state index >= 15 is 0 Å². The zero-order chi connectivity index (χ0) is 12.0. The summed E-state index contributed by atoms with van der Waals surface area (Å²) in [6.45, 7) is 1.71. The molecule has 2 rings (SSSR count). The van der Waals surface area contributed by atoms with Gasteiger partial charge in [0.25, 0.3) is 0 Å². The molecule has 0 aromatic heterocycles. The Hall–Kier alpha value is -0.510. The SMILES string of the molecule is OC1(CNCCSc2ccccc2)CCCC1. The van der Waals surface area contributed by atoms with Crippen molar-refractivity contribution in [2.75, 3.05) is 18.8 Å². The fourth-order valence-electron chi connectivity index (χ4n) is 2.29. The molecular weight excluding hydrogens is 230 g/mol. The summed E-state index contributed by atoms with van der Waals surface area (Å²) in [6, 6.07) is 10.4. The first kappa shape index (κ1) is 12.9. The van der Waals surface area contributed by atoms with Gasteiger partial charge in [-0.15, -0.1) is 11.8 Å². The van der Waals surface area contributed by atoms with E-state index in [1.807, 2.05) is 17.8 Å². The molecule has 1 aromatic carbocycles. The summed E-state index contributed by atoms with van der Waals surface area (Å²) in [6.07, 6.45) is 4.28. The molecular formula is C14H21NOS. The molecule has 0 bridgehead atoms. The molecule has 0 amide bonds. The third-order valence-electron chi connectivity index (χ3n) is 3.28. The van der Waals surface area contributed by atoms with Gasteiger partial charge in [-0.25, -0.2) is 0 Å². The Labute approximate surface area is 108 Å². The number of aliphatic hydroxyl groups is 1. The largest absolute Gasteiger partial charge is 0.389 e. The average Bonchev–Trinajstić information content (AvgIpc) is 2.77. The van der Waals surface area contributed by atoms with Gasteiger partial charge in [-0.1, -0.05) is 31.0 Å². The Morgan fingerprint density at radius 2 is 1.88 bits per heavy atom. The van der Waals surface area contributed by atoms with Gasteiger partial charge >= 0.3 is 0 Å². The van der Waals surface area contributed by atoms with Crippen LogP contribution in [-0.2, 0) is 0 Å². The Bertz CT molecular complexity index is 322. The van der Waals surface area contributed by atoms with Crippen LogP contribution in [0.4, 0.5) is 0 Å². The average molecular weight is 251 g/mol. The highest BCUT2D eigenvalue weighted by Gasteiger charge is 2.30. The van der Waals surface area contributed by atoms with E-state index in [1.165, 1.54) is 17.7 Å². The molecule has 1 aromatic rings. The van der Waals surface area contributed by atoms with Crippen LogP contribution in [0.25, 0.3) is 0 Å². The summed E-state index contributed by atoms with van der Waals surface area (Å²) in [7, 11) is 0. The van der Waals surface area contributed by atoms with Crippen molar-refractivity contribution < 1.29 is 5.11 Å². The molecule has 0 radical (unpaired) electrons. The van der Waals surface area contributed by atoms with Crippen LogP contribution in [0.15, 0.2) is 35.2 Å². The van der Waals surface area contributed by atoms with Gasteiger partial charge in [0.15, 0.2) is 0 Å². The van der Waals surface area contributed by atoms with Crippen molar-refractivity contribution in [2.45, 2.75) is 36.2 Å². The maximum Gasteiger partial charge on any atom is 0.0771 e. The predicted octanol–water partition coefficient (Wildman–Crippen LogP) is 2.67. The minimum absolute atomic E-state index is 0.419. The zero-order valence-electron chi connectivity index (χ0n) is 10.2. The van der Waals surface area contributed by atoms with Crippen molar-refractivity contribution in [2.24, 2.45) is 0 Å². The lowest BCUT2D eigenvalue weighted by Crippen LogP contribution is -2.38. The van der Waals surface area contributed by atoms with E-state index in [-0.39, 0.29) is 0 Å². The predicted molar refractivity (Wildman–Crippen MR) is 73.5 cm³/mol. The second-order valence-electron chi connectivity index (χ2n) is 4.77. The van der Waals surface area contributed by atoms with Crippen molar-refractivity contribution in [1.29, 1.82) is 0 Å². The van der Waals surface area contributed by atoms with Crippen molar-refractivity contribution in [1.82, 2.24) is 5.32 Å². The van der Waals surface area contributed by atoms with E-state index in [4.69, 9.17) is 0 Å². The molecule has 0 aliphatic heterocycles. The number of nitrogens with one attached hydrogen (secondary N) is 1. The van der Waals surface area contributed by atoms with Gasteiger partial charge in [0.2, 0.25) is 0 Å². The van der Waals surface area contributed by atoms with Gasteiger partial charge in [0.1, 0.15) is 0 Å². The summed E-state index contributed by atoms with van der Waals surface area (Å²) in [5.74, 6) is 1.06. The number of rotatable bonds is 6. The van der Waals surface area contributed by atoms with Gasteiger partial charge in [-0.05, 0) is 25.0 Å². The summed E-state index contributed by atoms with van der Waals surface area (Å²) in [5, 5.41) is 13.5. The Morgan fingerprint density at radius 1 is 1.18 bits per heavy atom. The molecule has 0 heterocycles. The van der Waals surface area contributed by atoms with Crippen molar-refractivity contribution >= 4 is 11.8 Å². The summed E-state index contributed by atoms with van der Waals surface area (Å²) in [4.78, 5) is 1.31. The lowest BCUT2D eigenvalue weighted by atomic mass is 10.0. The number of thioether (sulfide) groups is 1. The number of hydrogen-bond acceptors (Lipinski definition) is 3. The molecule has 0 saturated heterocycles. The zero-order valence-corrected chi connectivity index (χ0v) is 11.0. The third kappa shape index (κ3) is 4.34. The van der Waals surface area contributed by atoms with Crippen molar-refractivity contribution in [3.05, 3.63) is 30.3 Å². The molecule has 0 spiro atoms. The molecule has 0 unspecified atom stereocenters.